The summed E-state index contributed by atoms with van der Waals surface area (Å²) in [7, 11) is 0. The molecule has 0 saturated heterocycles. The van der Waals surface area contributed by atoms with Crippen molar-refractivity contribution in [3.63, 3.8) is 0 Å². The topological polar surface area (TPSA) is 0 Å². The van der Waals surface area contributed by atoms with E-state index >= 15 is 0 Å². The Hall–Kier alpha value is 0. The van der Waals surface area contributed by atoms with Gasteiger partial charge >= 0.3 is 0 Å². The fourth-order valence-corrected chi connectivity index (χ4v) is 5.31. The van der Waals surface area contributed by atoms with Crippen LogP contribution in [0.15, 0.2) is 0 Å². The van der Waals surface area contributed by atoms with Gasteiger partial charge in [0, 0.05) is 0 Å². The highest BCUT2D eigenvalue weighted by Gasteiger charge is 2.46. The van der Waals surface area contributed by atoms with Crippen LogP contribution in [0.5, 0.6) is 0 Å². The maximum atomic E-state index is 3.79. The smallest absolute Gasteiger partial charge is 0.0106 e. The van der Waals surface area contributed by atoms with Crippen LogP contribution in [0.25, 0.3) is 0 Å². The molecule has 0 aromatic carbocycles. The Morgan fingerprint density at radius 2 is 1.31 bits per heavy atom. The predicted octanol–water partition coefficient (Wildman–Crippen LogP) is 4.02. The Balaban J connectivity index is 1.53. The minimum atomic E-state index is 0.887. The maximum Gasteiger partial charge on any atom is -0.0106 e. The summed E-state index contributed by atoms with van der Waals surface area (Å²) >= 11 is 0. The zero-order chi connectivity index (χ0) is 10.5. The quantitative estimate of drug-likeness (QED) is 0.618. The number of rotatable bonds is 1. The summed E-state index contributed by atoms with van der Waals surface area (Å²) in [4.78, 5) is 0. The first-order valence-corrected chi connectivity index (χ1v) is 7.37. The van der Waals surface area contributed by atoms with Crippen molar-refractivity contribution in [1.29, 1.82) is 0 Å². The van der Waals surface area contributed by atoms with Gasteiger partial charge in [0.15, 0.2) is 0 Å². The molecule has 0 amide bonds. The molecule has 4 radical (unpaired) electrons. The van der Waals surface area contributed by atoms with Crippen LogP contribution < -0.4 is 0 Å². The van der Waals surface area contributed by atoms with E-state index in [1.165, 1.54) is 51.4 Å². The van der Waals surface area contributed by atoms with Gasteiger partial charge in [0.1, 0.15) is 0 Å². The van der Waals surface area contributed by atoms with E-state index in [1.807, 2.05) is 0 Å². The lowest BCUT2D eigenvalue weighted by atomic mass is 9.65. The molecular formula is C16H22. The summed E-state index contributed by atoms with van der Waals surface area (Å²) in [5, 5.41) is 0. The van der Waals surface area contributed by atoms with E-state index in [0.717, 1.165) is 35.5 Å². The predicted molar refractivity (Wildman–Crippen MR) is 64.4 cm³/mol. The van der Waals surface area contributed by atoms with E-state index in [4.69, 9.17) is 0 Å². The van der Waals surface area contributed by atoms with Crippen molar-refractivity contribution < 1.29 is 0 Å². The van der Waals surface area contributed by atoms with E-state index < -0.39 is 0 Å². The summed E-state index contributed by atoms with van der Waals surface area (Å²) in [6, 6.07) is 0. The molecule has 4 aliphatic rings. The largest absolute Gasteiger partial charge is 0.0499 e. The summed E-state index contributed by atoms with van der Waals surface area (Å²) in [6.07, 6.45) is 19.0. The van der Waals surface area contributed by atoms with Gasteiger partial charge in [-0.2, -0.15) is 0 Å². The lowest BCUT2D eigenvalue weighted by Gasteiger charge is -2.40. The number of hydrogen-bond donors (Lipinski definition) is 0. The van der Waals surface area contributed by atoms with Crippen LogP contribution in [0.4, 0.5) is 0 Å². The highest BCUT2D eigenvalue weighted by atomic mass is 14.5. The molecule has 4 aliphatic carbocycles. The van der Waals surface area contributed by atoms with Crippen LogP contribution in [0.3, 0.4) is 0 Å². The Morgan fingerprint density at radius 3 is 1.94 bits per heavy atom. The summed E-state index contributed by atoms with van der Waals surface area (Å²) in [6.45, 7) is 0. The number of fused-ring (bicyclic) bond motifs is 4. The molecule has 0 nitrogen and oxygen atoms in total. The highest BCUT2D eigenvalue weighted by molar-refractivity contribution is 5.04. The van der Waals surface area contributed by atoms with Gasteiger partial charge in [0.2, 0.25) is 0 Å². The van der Waals surface area contributed by atoms with Crippen molar-refractivity contribution in [3.05, 3.63) is 12.8 Å². The molecule has 0 spiro atoms. The third kappa shape index (κ3) is 1.48. The van der Waals surface area contributed by atoms with Crippen molar-refractivity contribution in [1.82, 2.24) is 0 Å². The molecule has 4 saturated carbocycles. The second kappa shape index (κ2) is 3.75. The Bertz CT molecular complexity index is 241. The fourth-order valence-electron chi connectivity index (χ4n) is 5.31. The van der Waals surface area contributed by atoms with Crippen LogP contribution >= 0.6 is 0 Å². The molecule has 4 atom stereocenters. The van der Waals surface area contributed by atoms with E-state index in [0.29, 0.717) is 0 Å². The van der Waals surface area contributed by atoms with Gasteiger partial charge in [-0.25, -0.2) is 0 Å². The van der Waals surface area contributed by atoms with Gasteiger partial charge < -0.3 is 0 Å². The molecule has 86 valence electrons. The van der Waals surface area contributed by atoms with Crippen molar-refractivity contribution in [2.75, 3.05) is 0 Å². The molecule has 0 aromatic rings. The molecule has 0 aromatic heterocycles. The van der Waals surface area contributed by atoms with Crippen molar-refractivity contribution in [2.24, 2.45) is 35.5 Å². The van der Waals surface area contributed by atoms with Crippen molar-refractivity contribution in [2.45, 2.75) is 51.4 Å². The third-order valence-corrected chi connectivity index (χ3v) is 5.86. The first-order valence-electron chi connectivity index (χ1n) is 7.37. The standard InChI is InChI=1S/C16H22/c1-2-13-6-7-14(3-1)16(13)15-9-11-4-5-12(8-11)10-15/h11-16H,2-7,9-10H2. The Labute approximate surface area is 100 Å². The SMILES string of the molecule is [C]1CC2CCC(C1)C2C1CC2[C]C(CC2)C1. The minimum absolute atomic E-state index is 0.887. The van der Waals surface area contributed by atoms with Gasteiger partial charge in [-0.1, -0.05) is 0 Å². The van der Waals surface area contributed by atoms with Gasteiger partial charge in [0.25, 0.3) is 0 Å². The van der Waals surface area contributed by atoms with E-state index in [1.54, 1.807) is 0 Å². The Kier molecular flexibility index (Phi) is 2.34. The zero-order valence-electron chi connectivity index (χ0n) is 10.1. The summed E-state index contributed by atoms with van der Waals surface area (Å²) < 4.78 is 0. The molecule has 4 rings (SSSR count). The second-order valence-electron chi connectivity index (χ2n) is 6.70. The van der Waals surface area contributed by atoms with Crippen molar-refractivity contribution in [3.8, 4) is 0 Å². The highest BCUT2D eigenvalue weighted by Crippen LogP contribution is 2.56. The Morgan fingerprint density at radius 1 is 0.688 bits per heavy atom. The second-order valence-corrected chi connectivity index (χ2v) is 6.70. The van der Waals surface area contributed by atoms with Gasteiger partial charge in [-0.05, 0) is 99.7 Å². The number of hydrogen-bond acceptors (Lipinski definition) is 0. The zero-order valence-corrected chi connectivity index (χ0v) is 10.1. The molecule has 4 bridgehead atoms. The molecular weight excluding hydrogens is 192 g/mol. The lowest BCUT2D eigenvalue weighted by molar-refractivity contribution is 0.127. The van der Waals surface area contributed by atoms with Crippen LogP contribution in [-0.4, -0.2) is 0 Å². The first kappa shape index (κ1) is 9.97. The normalized spacial score (nSPS) is 55.5. The summed E-state index contributed by atoms with van der Waals surface area (Å²) in [5.41, 5.74) is 0. The molecule has 4 unspecified atom stereocenters. The maximum absolute atomic E-state index is 3.79. The summed E-state index contributed by atoms with van der Waals surface area (Å²) in [5.74, 6) is 5.99. The fraction of sp³-hybridized carbons (Fsp3) is 0.875. The van der Waals surface area contributed by atoms with Crippen LogP contribution in [0.1, 0.15) is 51.4 Å². The third-order valence-electron chi connectivity index (χ3n) is 5.86. The molecule has 4 fully saturated rings. The van der Waals surface area contributed by atoms with Crippen LogP contribution in [0, 0.1) is 48.3 Å². The minimum Gasteiger partial charge on any atom is -0.0499 e. The molecule has 0 N–H and O–H groups in total. The molecule has 0 aliphatic heterocycles. The first-order chi connectivity index (χ1) is 7.90. The molecule has 0 heterocycles. The molecule has 0 heteroatoms. The van der Waals surface area contributed by atoms with Gasteiger partial charge in [-0.15, -0.1) is 0 Å². The van der Waals surface area contributed by atoms with Crippen molar-refractivity contribution >= 4 is 0 Å². The van der Waals surface area contributed by atoms with Gasteiger partial charge in [-0.3, -0.25) is 0 Å². The average molecular weight is 214 g/mol. The molecule has 16 heavy (non-hydrogen) atoms. The van der Waals surface area contributed by atoms with Gasteiger partial charge in [0.05, 0.1) is 0 Å². The van der Waals surface area contributed by atoms with Crippen LogP contribution in [-0.2, 0) is 0 Å². The van der Waals surface area contributed by atoms with E-state index in [9.17, 15) is 0 Å². The average Bonchev–Trinajstić information content (AvgIpc) is 2.76. The van der Waals surface area contributed by atoms with Crippen LogP contribution in [0.2, 0.25) is 0 Å². The lowest BCUT2D eigenvalue weighted by Crippen LogP contribution is -2.32. The monoisotopic (exact) mass is 214 g/mol. The van der Waals surface area contributed by atoms with E-state index in [-0.39, 0.29) is 0 Å². The van der Waals surface area contributed by atoms with E-state index in [2.05, 4.69) is 12.8 Å².